The van der Waals surface area contributed by atoms with Crippen molar-refractivity contribution in [2.45, 2.75) is 33.2 Å². The van der Waals surface area contributed by atoms with Gasteiger partial charge in [-0.05, 0) is 53.6 Å². The van der Waals surface area contributed by atoms with Crippen molar-refractivity contribution in [2.75, 3.05) is 0 Å². The Morgan fingerprint density at radius 3 is 2.52 bits per heavy atom. The van der Waals surface area contributed by atoms with E-state index in [1.165, 1.54) is 11.1 Å². The van der Waals surface area contributed by atoms with Crippen LogP contribution in [0.3, 0.4) is 0 Å². The normalized spacial score (nSPS) is 12.7. The van der Waals surface area contributed by atoms with Gasteiger partial charge in [-0.3, -0.25) is 5.84 Å². The first-order chi connectivity index (χ1) is 10.0. The van der Waals surface area contributed by atoms with Gasteiger partial charge in [-0.15, -0.1) is 0 Å². The van der Waals surface area contributed by atoms with Crippen molar-refractivity contribution in [1.82, 2.24) is 5.43 Å². The van der Waals surface area contributed by atoms with E-state index >= 15 is 0 Å². The van der Waals surface area contributed by atoms with Gasteiger partial charge >= 0.3 is 0 Å². The fourth-order valence-electron chi connectivity index (χ4n) is 2.70. The van der Waals surface area contributed by atoms with Crippen LogP contribution in [0.5, 0.6) is 0 Å². The monoisotopic (exact) mass is 302 g/mol. The lowest BCUT2D eigenvalue weighted by Gasteiger charge is -2.20. The summed E-state index contributed by atoms with van der Waals surface area (Å²) in [6, 6.07) is 14.5. The van der Waals surface area contributed by atoms with Crippen LogP contribution in [0.1, 0.15) is 42.1 Å². The van der Waals surface area contributed by atoms with E-state index in [-0.39, 0.29) is 6.04 Å². The van der Waals surface area contributed by atoms with E-state index in [1.54, 1.807) is 0 Å². The van der Waals surface area contributed by atoms with Gasteiger partial charge in [0.15, 0.2) is 0 Å². The molecular formula is C18H23ClN2. The number of nitrogens with one attached hydrogen (secondary N) is 1. The van der Waals surface area contributed by atoms with Gasteiger partial charge in [0.05, 0.1) is 6.04 Å². The maximum absolute atomic E-state index is 6.04. The van der Waals surface area contributed by atoms with E-state index in [4.69, 9.17) is 17.4 Å². The lowest BCUT2D eigenvalue weighted by molar-refractivity contribution is 0.625. The smallest absolute Gasteiger partial charge is 0.0712 e. The Bertz CT molecular complexity index is 608. The molecule has 0 aliphatic heterocycles. The molecule has 0 radical (unpaired) electrons. The standard InChI is InChI=1S/C18H23ClN2/c1-12(2)9-14-5-4-6-15(11-14)18(21-20)17-8-7-16(19)10-13(17)3/h4-8,10-12,18,21H,9,20H2,1-3H3. The molecule has 112 valence electrons. The first kappa shape index (κ1) is 16.0. The van der Waals surface area contributed by atoms with E-state index < -0.39 is 0 Å². The van der Waals surface area contributed by atoms with Crippen molar-refractivity contribution in [3.05, 3.63) is 69.7 Å². The zero-order valence-electron chi connectivity index (χ0n) is 12.9. The zero-order valence-corrected chi connectivity index (χ0v) is 13.6. The highest BCUT2D eigenvalue weighted by atomic mass is 35.5. The quantitative estimate of drug-likeness (QED) is 0.634. The summed E-state index contributed by atoms with van der Waals surface area (Å²) in [6.45, 7) is 6.52. The second-order valence-corrected chi connectivity index (χ2v) is 6.38. The molecule has 1 atom stereocenters. The Hall–Kier alpha value is -1.35. The number of hydrazine groups is 1. The number of nitrogens with two attached hydrogens (primary N) is 1. The Kier molecular flexibility index (Phi) is 5.40. The molecule has 2 aromatic rings. The van der Waals surface area contributed by atoms with Crippen molar-refractivity contribution in [1.29, 1.82) is 0 Å². The van der Waals surface area contributed by atoms with Crippen LogP contribution in [-0.2, 0) is 6.42 Å². The summed E-state index contributed by atoms with van der Waals surface area (Å²) in [6.07, 6.45) is 1.07. The predicted molar refractivity (Wildman–Crippen MR) is 90.3 cm³/mol. The highest BCUT2D eigenvalue weighted by Gasteiger charge is 2.15. The highest BCUT2D eigenvalue weighted by Crippen LogP contribution is 2.27. The molecule has 0 fully saturated rings. The molecule has 0 aliphatic carbocycles. The van der Waals surface area contributed by atoms with Gasteiger partial charge in [-0.25, -0.2) is 5.43 Å². The molecule has 1 unspecified atom stereocenters. The van der Waals surface area contributed by atoms with Crippen molar-refractivity contribution in [2.24, 2.45) is 11.8 Å². The molecule has 0 bridgehead atoms. The molecule has 2 nitrogen and oxygen atoms in total. The van der Waals surface area contributed by atoms with Gasteiger partial charge in [0.1, 0.15) is 0 Å². The van der Waals surface area contributed by atoms with Crippen LogP contribution in [-0.4, -0.2) is 0 Å². The molecule has 0 saturated heterocycles. The van der Waals surface area contributed by atoms with Crippen LogP contribution in [0.2, 0.25) is 5.02 Å². The first-order valence-corrected chi connectivity index (χ1v) is 7.70. The summed E-state index contributed by atoms with van der Waals surface area (Å²) < 4.78 is 0. The van der Waals surface area contributed by atoms with E-state index in [0.717, 1.165) is 22.6 Å². The lowest BCUT2D eigenvalue weighted by atomic mass is 9.93. The summed E-state index contributed by atoms with van der Waals surface area (Å²) in [5.41, 5.74) is 7.75. The van der Waals surface area contributed by atoms with E-state index in [0.29, 0.717) is 5.92 Å². The molecule has 2 aromatic carbocycles. The third kappa shape index (κ3) is 4.07. The van der Waals surface area contributed by atoms with Gasteiger partial charge in [0.2, 0.25) is 0 Å². The third-order valence-corrected chi connectivity index (χ3v) is 3.87. The first-order valence-electron chi connectivity index (χ1n) is 7.32. The van der Waals surface area contributed by atoms with E-state index in [2.05, 4.69) is 50.5 Å². The predicted octanol–water partition coefficient (Wildman–Crippen LogP) is 4.40. The van der Waals surface area contributed by atoms with Crippen LogP contribution >= 0.6 is 11.6 Å². The Balaban J connectivity index is 2.37. The topological polar surface area (TPSA) is 38.0 Å². The summed E-state index contributed by atoms with van der Waals surface area (Å²) >= 11 is 6.04. The fraction of sp³-hybridized carbons (Fsp3) is 0.333. The molecule has 3 N–H and O–H groups in total. The second-order valence-electron chi connectivity index (χ2n) is 5.94. The van der Waals surface area contributed by atoms with Crippen LogP contribution in [0.15, 0.2) is 42.5 Å². The van der Waals surface area contributed by atoms with Crippen molar-refractivity contribution in [3.63, 3.8) is 0 Å². The third-order valence-electron chi connectivity index (χ3n) is 3.64. The summed E-state index contributed by atoms with van der Waals surface area (Å²) in [5.74, 6) is 6.45. The number of rotatable bonds is 5. The molecule has 3 heteroatoms. The van der Waals surface area contributed by atoms with Gasteiger partial charge in [-0.1, -0.05) is 55.8 Å². The zero-order chi connectivity index (χ0) is 15.4. The molecule has 2 rings (SSSR count). The molecule has 0 heterocycles. The fourth-order valence-corrected chi connectivity index (χ4v) is 2.93. The van der Waals surface area contributed by atoms with Crippen LogP contribution in [0, 0.1) is 12.8 Å². The Morgan fingerprint density at radius 2 is 1.90 bits per heavy atom. The summed E-state index contributed by atoms with van der Waals surface area (Å²) in [7, 11) is 0. The van der Waals surface area contributed by atoms with E-state index in [1.807, 2.05) is 18.2 Å². The molecule has 21 heavy (non-hydrogen) atoms. The molecule has 0 spiro atoms. The minimum absolute atomic E-state index is 0.0191. The second kappa shape index (κ2) is 7.08. The van der Waals surface area contributed by atoms with Gasteiger partial charge < -0.3 is 0 Å². The minimum Gasteiger partial charge on any atom is -0.271 e. The highest BCUT2D eigenvalue weighted by molar-refractivity contribution is 6.30. The van der Waals surface area contributed by atoms with Gasteiger partial charge in [-0.2, -0.15) is 0 Å². The molecular weight excluding hydrogens is 280 g/mol. The molecule has 0 amide bonds. The Morgan fingerprint density at radius 1 is 1.14 bits per heavy atom. The van der Waals surface area contributed by atoms with Crippen LogP contribution in [0.4, 0.5) is 0 Å². The van der Waals surface area contributed by atoms with Gasteiger partial charge in [0.25, 0.3) is 0 Å². The van der Waals surface area contributed by atoms with E-state index in [9.17, 15) is 0 Å². The Labute approximate surface area is 132 Å². The van der Waals surface area contributed by atoms with Crippen molar-refractivity contribution >= 4 is 11.6 Å². The average Bonchev–Trinajstić information content (AvgIpc) is 2.41. The van der Waals surface area contributed by atoms with Crippen molar-refractivity contribution < 1.29 is 0 Å². The SMILES string of the molecule is Cc1cc(Cl)ccc1C(NN)c1cccc(CC(C)C)c1. The minimum atomic E-state index is -0.0191. The number of hydrogen-bond acceptors (Lipinski definition) is 2. The number of hydrogen-bond donors (Lipinski definition) is 2. The molecule has 0 aliphatic rings. The van der Waals surface area contributed by atoms with Crippen molar-refractivity contribution in [3.8, 4) is 0 Å². The lowest BCUT2D eigenvalue weighted by Crippen LogP contribution is -2.29. The maximum atomic E-state index is 6.04. The summed E-state index contributed by atoms with van der Waals surface area (Å²) in [4.78, 5) is 0. The molecule has 0 aromatic heterocycles. The van der Waals surface area contributed by atoms with Crippen LogP contribution in [0.25, 0.3) is 0 Å². The number of aryl methyl sites for hydroxylation is 1. The number of benzene rings is 2. The maximum Gasteiger partial charge on any atom is 0.0712 e. The van der Waals surface area contributed by atoms with Crippen LogP contribution < -0.4 is 11.3 Å². The molecule has 0 saturated carbocycles. The average molecular weight is 303 g/mol. The number of halogens is 1. The van der Waals surface area contributed by atoms with Gasteiger partial charge in [0, 0.05) is 5.02 Å². The summed E-state index contributed by atoms with van der Waals surface area (Å²) in [5, 5.41) is 0.751. The largest absolute Gasteiger partial charge is 0.271 e.